The normalized spacial score (nSPS) is 5.00. The maximum absolute atomic E-state index is 9.00. The second-order valence-electron chi connectivity index (χ2n) is 2.02. The fraction of sp³-hybridized carbons (Fsp3) is 0.500. The monoisotopic (exact) mass is 480 g/mol. The summed E-state index contributed by atoms with van der Waals surface area (Å²) in [5.41, 5.74) is 0. The third kappa shape index (κ3) is 4830. The first kappa shape index (κ1) is 50.8. The van der Waals surface area contributed by atoms with Gasteiger partial charge in [0.2, 0.25) is 0 Å². The predicted molar refractivity (Wildman–Crippen MR) is 55.2 cm³/mol. The molecule has 20 heavy (non-hydrogen) atoms. The number of aliphatic carboxylic acids is 4. The number of carbonyl (C=O) groups is 4. The topological polar surface area (TPSA) is 218 Å². The maximum atomic E-state index is 9.00. The molecule has 0 amide bonds. The van der Waals surface area contributed by atoms with Crippen LogP contribution in [0.5, 0.6) is 0 Å². The van der Waals surface area contributed by atoms with Crippen LogP contribution in [-0.4, -0.2) is 45.0 Å². The van der Waals surface area contributed by atoms with E-state index in [1.807, 2.05) is 0 Å². The van der Waals surface area contributed by atoms with Gasteiger partial charge in [-0.25, -0.2) is 0 Å². The van der Waals surface area contributed by atoms with Crippen LogP contribution in [0.15, 0.2) is 0 Å². The van der Waals surface area contributed by atoms with Crippen LogP contribution in [0.2, 0.25) is 0 Å². The molecule has 126 valence electrons. The Bertz CT molecular complexity index is 167. The van der Waals surface area contributed by atoms with Crippen LogP contribution >= 0.6 is 0 Å². The fourth-order valence-corrected chi connectivity index (χ4v) is 0. The van der Waals surface area contributed by atoms with E-state index in [0.29, 0.717) is 0 Å². The van der Waals surface area contributed by atoms with Crippen LogP contribution in [0.25, 0.3) is 0 Å². The molecule has 0 spiro atoms. The molecule has 0 aromatic heterocycles. The molecule has 0 unspecified atom stereocenters. The van der Waals surface area contributed by atoms with Crippen molar-refractivity contribution in [2.24, 2.45) is 0 Å². The number of carbonyl (C=O) groups excluding carboxylic acids is 2. The van der Waals surface area contributed by atoms with E-state index >= 15 is 0 Å². The van der Waals surface area contributed by atoms with Gasteiger partial charge in [-0.3, -0.25) is 9.59 Å². The zero-order valence-electron chi connectivity index (χ0n) is 11.0. The van der Waals surface area contributed by atoms with Gasteiger partial charge in [-0.15, -0.1) is 0 Å². The number of rotatable bonds is 0. The Morgan fingerprint density at radius 2 is 0.650 bits per heavy atom. The summed E-state index contributed by atoms with van der Waals surface area (Å²) < 4.78 is 0. The molecule has 6 N–H and O–H groups in total. The number of hydrogen-bond donors (Lipinski definition) is 2. The first-order chi connectivity index (χ1) is 6.93. The molecule has 2 radical (unpaired) electrons. The van der Waals surface area contributed by atoms with E-state index in [1.165, 1.54) is 0 Å². The van der Waals surface area contributed by atoms with Crippen molar-refractivity contribution in [2.75, 3.05) is 0 Å². The van der Waals surface area contributed by atoms with Gasteiger partial charge in [-0.05, 0) is 13.8 Å². The molecule has 10 nitrogen and oxygen atoms in total. The summed E-state index contributed by atoms with van der Waals surface area (Å²) in [5, 5.41) is 32.6. The van der Waals surface area contributed by atoms with Crippen molar-refractivity contribution in [1.82, 2.24) is 0 Å². The summed E-state index contributed by atoms with van der Waals surface area (Å²) in [6, 6.07) is 0. The van der Waals surface area contributed by atoms with Gasteiger partial charge in [-0.2, -0.15) is 0 Å². The summed E-state index contributed by atoms with van der Waals surface area (Å²) in [7, 11) is 0. The summed E-state index contributed by atoms with van der Waals surface area (Å²) in [6.45, 7) is 4.11. The molecule has 0 saturated heterocycles. The van der Waals surface area contributed by atoms with Crippen LogP contribution in [0.3, 0.4) is 0 Å². The minimum Gasteiger partial charge on any atom is -0.550 e. The molecule has 0 fully saturated rings. The van der Waals surface area contributed by atoms with Crippen molar-refractivity contribution < 1.29 is 89.5 Å². The molecule has 0 saturated carbocycles. The van der Waals surface area contributed by atoms with Gasteiger partial charge in [-0.1, -0.05) is 0 Å². The Balaban J connectivity index is -0.0000000150. The first-order valence-electron chi connectivity index (χ1n) is 3.67. The molecule has 0 aliphatic heterocycles. The van der Waals surface area contributed by atoms with E-state index < -0.39 is 23.9 Å². The van der Waals surface area contributed by atoms with Gasteiger partial charge in [0.05, 0.1) is 0 Å². The first-order valence-corrected chi connectivity index (χ1v) is 3.67. The van der Waals surface area contributed by atoms with Crippen LogP contribution in [0.1, 0.15) is 27.7 Å². The molecule has 0 rings (SSSR count). The molecular formula is C8H18O10Rh2+2. The SMILES string of the molecule is CC(=O)O.CC(=O)O.CC(=O)[O-].CC(=O)[O-].O.O.[Rh+2].[Rh+2]. The van der Waals surface area contributed by atoms with Gasteiger partial charge in [0.1, 0.15) is 0 Å². The average molecular weight is 480 g/mol. The van der Waals surface area contributed by atoms with Gasteiger partial charge >= 0.3 is 39.0 Å². The third-order valence-electron chi connectivity index (χ3n) is 0. The van der Waals surface area contributed by atoms with E-state index in [4.69, 9.17) is 39.6 Å². The second kappa shape index (κ2) is 43.0. The van der Waals surface area contributed by atoms with Crippen molar-refractivity contribution in [3.8, 4) is 0 Å². The van der Waals surface area contributed by atoms with Gasteiger partial charge in [0, 0.05) is 25.8 Å². The van der Waals surface area contributed by atoms with Crippen LogP contribution < -0.4 is 10.2 Å². The van der Waals surface area contributed by atoms with E-state index in [1.54, 1.807) is 0 Å². The summed E-state index contributed by atoms with van der Waals surface area (Å²) in [4.78, 5) is 35.8. The van der Waals surface area contributed by atoms with Gasteiger partial charge in [0.25, 0.3) is 11.9 Å². The Kier molecular flexibility index (Phi) is 109. The fourth-order valence-electron chi connectivity index (χ4n) is 0. The number of carboxylic acid groups (broad SMARTS) is 4. The van der Waals surface area contributed by atoms with Crippen molar-refractivity contribution in [2.45, 2.75) is 27.7 Å². The van der Waals surface area contributed by atoms with Gasteiger partial charge in [0.15, 0.2) is 0 Å². The van der Waals surface area contributed by atoms with Crippen LogP contribution in [0, 0.1) is 0 Å². The summed E-state index contributed by atoms with van der Waals surface area (Å²) in [5.74, 6) is -3.83. The van der Waals surface area contributed by atoms with Gasteiger partial charge < -0.3 is 41.0 Å². The molecule has 0 aromatic rings. The quantitative estimate of drug-likeness (QED) is 0.325. The third-order valence-corrected chi connectivity index (χ3v) is 0. The van der Waals surface area contributed by atoms with Crippen molar-refractivity contribution >= 4 is 23.9 Å². The summed E-state index contributed by atoms with van der Waals surface area (Å²) in [6.07, 6.45) is 0. The Labute approximate surface area is 141 Å². The second-order valence-corrected chi connectivity index (χ2v) is 2.02. The number of hydrogen-bond acceptors (Lipinski definition) is 6. The molecule has 0 aliphatic carbocycles. The minimum atomic E-state index is -1.08. The van der Waals surface area contributed by atoms with Crippen molar-refractivity contribution in [3.05, 3.63) is 0 Å². The Morgan fingerprint density at radius 3 is 0.650 bits per heavy atom. The molecule has 0 bridgehead atoms. The molecule has 0 aromatic carbocycles. The average Bonchev–Trinajstić information content (AvgIpc) is 1.76. The molecule has 12 heteroatoms. The maximum Gasteiger partial charge on any atom is 2.00 e. The molecule has 0 atom stereocenters. The summed E-state index contributed by atoms with van der Waals surface area (Å²) >= 11 is 0. The van der Waals surface area contributed by atoms with E-state index in [9.17, 15) is 0 Å². The minimum absolute atomic E-state index is 0. The van der Waals surface area contributed by atoms with E-state index in [0.717, 1.165) is 27.7 Å². The smallest absolute Gasteiger partial charge is 0.550 e. The number of carboxylic acids is 4. The van der Waals surface area contributed by atoms with Crippen LogP contribution in [0.4, 0.5) is 0 Å². The van der Waals surface area contributed by atoms with E-state index in [-0.39, 0.29) is 49.9 Å². The molecule has 0 aliphatic rings. The standard InChI is InChI=1S/4C2H4O2.2H2O.2Rh/c4*1-2(3)4;;;;/h4*1H3,(H,3,4);2*1H2;;/q;;;;;;2*+2/p-2. The van der Waals surface area contributed by atoms with Crippen LogP contribution in [-0.2, 0) is 58.1 Å². The van der Waals surface area contributed by atoms with Crippen molar-refractivity contribution in [3.63, 3.8) is 0 Å². The Morgan fingerprint density at radius 1 is 0.650 bits per heavy atom. The molecular weight excluding hydrogens is 462 g/mol. The predicted octanol–water partition coefficient (Wildman–Crippen LogP) is -3.96. The van der Waals surface area contributed by atoms with Crippen molar-refractivity contribution in [1.29, 1.82) is 0 Å². The molecule has 0 heterocycles. The zero-order chi connectivity index (χ0) is 14.3. The Hall–Kier alpha value is -0.953. The largest absolute Gasteiger partial charge is 2.00 e. The zero-order valence-corrected chi connectivity index (χ0v) is 14.3. The van der Waals surface area contributed by atoms with E-state index in [2.05, 4.69) is 0 Å².